The van der Waals surface area contributed by atoms with Crippen molar-refractivity contribution in [3.05, 3.63) is 30.1 Å². The van der Waals surface area contributed by atoms with Gasteiger partial charge in [0.25, 0.3) is 5.91 Å². The van der Waals surface area contributed by atoms with E-state index in [0.29, 0.717) is 38.4 Å². The van der Waals surface area contributed by atoms with Crippen molar-refractivity contribution in [1.82, 2.24) is 25.4 Å². The molecule has 1 spiro atoms. The van der Waals surface area contributed by atoms with Crippen LogP contribution in [0.5, 0.6) is 0 Å². The molecule has 1 atom stereocenters. The Hall–Kier alpha value is -2.19. The molecule has 2 aliphatic heterocycles. The number of carbonyl (C=O) groups excluding carboxylic acids is 3. The summed E-state index contributed by atoms with van der Waals surface area (Å²) in [7, 11) is 0. The van der Waals surface area contributed by atoms with Gasteiger partial charge >= 0.3 is 6.03 Å². The van der Waals surface area contributed by atoms with E-state index in [4.69, 9.17) is 0 Å². The van der Waals surface area contributed by atoms with Crippen LogP contribution in [0.4, 0.5) is 4.79 Å². The zero-order valence-electron chi connectivity index (χ0n) is 16.6. The van der Waals surface area contributed by atoms with Crippen molar-refractivity contribution in [3.63, 3.8) is 0 Å². The number of carbonyl (C=O) groups is 3. The molecule has 0 radical (unpaired) electrons. The van der Waals surface area contributed by atoms with E-state index >= 15 is 0 Å². The van der Waals surface area contributed by atoms with Crippen LogP contribution in [-0.2, 0) is 9.59 Å². The van der Waals surface area contributed by atoms with Gasteiger partial charge in [-0.05, 0) is 43.2 Å². The first-order chi connectivity index (χ1) is 13.5. The largest absolute Gasteiger partial charge is 0.331 e. The lowest BCUT2D eigenvalue weighted by atomic mass is 9.77. The summed E-state index contributed by atoms with van der Waals surface area (Å²) in [6, 6.07) is 3.19. The Bertz CT molecular complexity index is 767. The third-order valence-corrected chi connectivity index (χ3v) is 6.30. The Morgan fingerprint density at radius 1 is 1.31 bits per heavy atom. The molecule has 0 bridgehead atoms. The number of nitrogens with zero attached hydrogens (tertiary/aromatic N) is 3. The lowest BCUT2D eigenvalue weighted by Gasteiger charge is -2.37. The monoisotopic (exact) mass is 421 g/mol. The van der Waals surface area contributed by atoms with Gasteiger partial charge < -0.3 is 15.5 Å². The topological polar surface area (TPSA) is 94.6 Å². The van der Waals surface area contributed by atoms with Crippen molar-refractivity contribution in [1.29, 1.82) is 0 Å². The average molecular weight is 422 g/mol. The average Bonchev–Trinajstić information content (AvgIpc) is 2.95. The van der Waals surface area contributed by atoms with Crippen molar-refractivity contribution in [2.75, 3.05) is 26.2 Å². The number of amides is 4. The maximum Gasteiger partial charge on any atom is 0.325 e. The number of nitrogens with one attached hydrogen (secondary N) is 2. The Labute approximate surface area is 176 Å². The van der Waals surface area contributed by atoms with Gasteiger partial charge in [-0.2, -0.15) is 0 Å². The molecule has 2 saturated heterocycles. The third kappa shape index (κ3) is 4.09. The van der Waals surface area contributed by atoms with E-state index in [0.717, 1.165) is 23.3 Å². The zero-order chi connectivity index (χ0) is 19.7. The highest BCUT2D eigenvalue weighted by molar-refractivity contribution is 6.09. The van der Waals surface area contributed by atoms with E-state index in [1.54, 1.807) is 17.3 Å². The van der Waals surface area contributed by atoms with Gasteiger partial charge in [0.05, 0.1) is 6.04 Å². The van der Waals surface area contributed by atoms with E-state index in [-0.39, 0.29) is 36.8 Å². The van der Waals surface area contributed by atoms with Gasteiger partial charge in [0, 0.05) is 32.0 Å². The van der Waals surface area contributed by atoms with E-state index in [1.165, 1.54) is 0 Å². The van der Waals surface area contributed by atoms with E-state index in [9.17, 15) is 14.4 Å². The summed E-state index contributed by atoms with van der Waals surface area (Å²) >= 11 is 0. The third-order valence-electron chi connectivity index (χ3n) is 6.30. The number of piperazine rings is 1. The van der Waals surface area contributed by atoms with Gasteiger partial charge in [-0.15, -0.1) is 12.4 Å². The lowest BCUT2D eigenvalue weighted by molar-refractivity contribution is -0.141. The van der Waals surface area contributed by atoms with Crippen molar-refractivity contribution < 1.29 is 14.4 Å². The van der Waals surface area contributed by atoms with Crippen molar-refractivity contribution in [3.8, 4) is 0 Å². The van der Waals surface area contributed by atoms with Crippen molar-refractivity contribution in [2.24, 2.45) is 5.92 Å². The molecule has 4 amide bonds. The van der Waals surface area contributed by atoms with Crippen molar-refractivity contribution in [2.45, 2.75) is 44.2 Å². The number of halogens is 1. The second-order valence-corrected chi connectivity index (χ2v) is 8.18. The predicted octanol–water partition coefficient (Wildman–Crippen LogP) is 1.48. The van der Waals surface area contributed by atoms with Crippen molar-refractivity contribution >= 4 is 30.3 Å². The Morgan fingerprint density at radius 2 is 2.07 bits per heavy atom. The molecule has 1 saturated carbocycles. The standard InChI is InChI=1S/C20H27N5O3.ClH/c1-14-4-6-20(7-5-14)18(27)25(19(28)23-20)13-17(26)24-10-9-22-12-16(24)15-3-2-8-21-11-15;/h2-3,8,11,14,16,22H,4-7,9-10,12-13H2,1H3,(H,23,28);1H. The van der Waals surface area contributed by atoms with Gasteiger partial charge in [0.2, 0.25) is 5.91 Å². The van der Waals surface area contributed by atoms with Gasteiger partial charge in [-0.1, -0.05) is 13.0 Å². The Kier molecular flexibility index (Phi) is 6.43. The molecule has 1 aromatic heterocycles. The first-order valence-corrected chi connectivity index (χ1v) is 10.0. The molecular weight excluding hydrogens is 394 g/mol. The predicted molar refractivity (Wildman–Crippen MR) is 109 cm³/mol. The summed E-state index contributed by atoms with van der Waals surface area (Å²) in [5.41, 5.74) is 0.133. The smallest absolute Gasteiger partial charge is 0.325 e. The molecule has 9 heteroatoms. The van der Waals surface area contributed by atoms with Crippen LogP contribution in [0.1, 0.15) is 44.2 Å². The second kappa shape index (κ2) is 8.67. The fourth-order valence-electron chi connectivity index (χ4n) is 4.51. The van der Waals surface area contributed by atoms with Crippen LogP contribution in [0, 0.1) is 5.92 Å². The van der Waals surface area contributed by atoms with Crippen LogP contribution in [-0.4, -0.2) is 64.3 Å². The quantitative estimate of drug-likeness (QED) is 0.721. The molecular formula is C20H28ClN5O3. The number of aromatic nitrogens is 1. The Balaban J connectivity index is 0.00000240. The first-order valence-electron chi connectivity index (χ1n) is 10.0. The summed E-state index contributed by atoms with van der Waals surface area (Å²) in [5.74, 6) is 0.109. The highest BCUT2D eigenvalue weighted by Crippen LogP contribution is 2.36. The highest BCUT2D eigenvalue weighted by atomic mass is 35.5. The normalized spacial score (nSPS) is 29.6. The molecule has 1 unspecified atom stereocenters. The number of rotatable bonds is 3. The van der Waals surface area contributed by atoms with Gasteiger partial charge in [0.15, 0.2) is 0 Å². The minimum Gasteiger partial charge on any atom is -0.331 e. The maximum absolute atomic E-state index is 13.1. The van der Waals surface area contributed by atoms with Gasteiger partial charge in [-0.3, -0.25) is 19.5 Å². The minimum atomic E-state index is -0.809. The van der Waals surface area contributed by atoms with Gasteiger partial charge in [0.1, 0.15) is 12.1 Å². The number of hydrogen-bond donors (Lipinski definition) is 2. The second-order valence-electron chi connectivity index (χ2n) is 8.18. The molecule has 1 aromatic rings. The van der Waals surface area contributed by atoms with Crippen LogP contribution in [0.3, 0.4) is 0 Å². The Morgan fingerprint density at radius 3 is 2.76 bits per heavy atom. The van der Waals surface area contributed by atoms with Crippen LogP contribution >= 0.6 is 12.4 Å². The lowest BCUT2D eigenvalue weighted by Crippen LogP contribution is -2.53. The minimum absolute atomic E-state index is 0. The summed E-state index contributed by atoms with van der Waals surface area (Å²) in [6.07, 6.45) is 6.57. The van der Waals surface area contributed by atoms with Gasteiger partial charge in [-0.25, -0.2) is 4.79 Å². The molecule has 158 valence electrons. The van der Waals surface area contributed by atoms with Crippen LogP contribution < -0.4 is 10.6 Å². The molecule has 29 heavy (non-hydrogen) atoms. The van der Waals surface area contributed by atoms with Crippen LogP contribution in [0.25, 0.3) is 0 Å². The maximum atomic E-state index is 13.1. The summed E-state index contributed by atoms with van der Waals surface area (Å²) in [4.78, 5) is 45.6. The zero-order valence-corrected chi connectivity index (χ0v) is 17.4. The number of pyridine rings is 1. The van der Waals surface area contributed by atoms with Crippen LogP contribution in [0.15, 0.2) is 24.5 Å². The molecule has 8 nitrogen and oxygen atoms in total. The molecule has 4 rings (SSSR count). The number of urea groups is 1. The molecule has 3 fully saturated rings. The van der Waals surface area contributed by atoms with E-state index in [2.05, 4.69) is 22.5 Å². The molecule has 3 aliphatic rings. The first kappa shape index (κ1) is 21.5. The van der Waals surface area contributed by atoms with E-state index < -0.39 is 11.6 Å². The van der Waals surface area contributed by atoms with Crippen LogP contribution in [0.2, 0.25) is 0 Å². The van der Waals surface area contributed by atoms with E-state index in [1.807, 2.05) is 12.1 Å². The SMILES string of the molecule is CC1CCC2(CC1)NC(=O)N(CC(=O)N1CCNCC1c1cccnc1)C2=O.Cl. The number of hydrogen-bond acceptors (Lipinski definition) is 5. The summed E-state index contributed by atoms with van der Waals surface area (Å²) < 4.78 is 0. The number of imide groups is 1. The fourth-order valence-corrected chi connectivity index (χ4v) is 4.51. The summed E-state index contributed by atoms with van der Waals surface area (Å²) in [5, 5.41) is 6.18. The molecule has 2 N–H and O–H groups in total. The molecule has 0 aromatic carbocycles. The summed E-state index contributed by atoms with van der Waals surface area (Å²) in [6.45, 7) is 3.80. The fraction of sp³-hybridized carbons (Fsp3) is 0.600. The molecule has 1 aliphatic carbocycles. The molecule has 3 heterocycles. The highest BCUT2D eigenvalue weighted by Gasteiger charge is 2.52.